The molecule has 7 nitrogen and oxygen atoms in total. The normalized spacial score (nSPS) is 10.7. The molecule has 4 rings (SSSR count). The smallest absolute Gasteiger partial charge is 0.269 e. The first-order valence-corrected chi connectivity index (χ1v) is 10.5. The third-order valence-electron chi connectivity index (χ3n) is 4.85. The highest BCUT2D eigenvalue weighted by Gasteiger charge is 2.17. The Morgan fingerprint density at radius 2 is 1.97 bits per heavy atom. The SMILES string of the molecule is COc1ccc(OC)c(-c2cc(C(=O)NCc3ccnc(-c4cccs4)c3)n(C)n2)c1. The van der Waals surface area contributed by atoms with Crippen LogP contribution in [-0.4, -0.2) is 34.9 Å². The monoisotopic (exact) mass is 434 g/mol. The van der Waals surface area contributed by atoms with Crippen LogP contribution in [0.5, 0.6) is 11.5 Å². The summed E-state index contributed by atoms with van der Waals surface area (Å²) in [5, 5.41) is 9.48. The average Bonchev–Trinajstić information content (AvgIpc) is 3.47. The summed E-state index contributed by atoms with van der Waals surface area (Å²) in [6.45, 7) is 0.392. The summed E-state index contributed by atoms with van der Waals surface area (Å²) in [5.41, 5.74) is 3.71. The first kappa shape index (κ1) is 20.6. The Morgan fingerprint density at radius 3 is 2.71 bits per heavy atom. The van der Waals surface area contributed by atoms with E-state index in [0.717, 1.165) is 21.7 Å². The molecule has 0 radical (unpaired) electrons. The maximum Gasteiger partial charge on any atom is 0.269 e. The topological polar surface area (TPSA) is 78.3 Å². The Morgan fingerprint density at radius 1 is 1.10 bits per heavy atom. The fourth-order valence-electron chi connectivity index (χ4n) is 3.24. The molecule has 0 fully saturated rings. The molecule has 0 aliphatic rings. The van der Waals surface area contributed by atoms with Crippen molar-refractivity contribution in [2.45, 2.75) is 6.54 Å². The van der Waals surface area contributed by atoms with E-state index >= 15 is 0 Å². The predicted octanol–water partition coefficient (Wildman–Crippen LogP) is 4.16. The van der Waals surface area contributed by atoms with Gasteiger partial charge in [0, 0.05) is 25.4 Å². The maximum absolute atomic E-state index is 12.8. The molecule has 1 aromatic carbocycles. The van der Waals surface area contributed by atoms with Gasteiger partial charge in [-0.25, -0.2) is 0 Å². The minimum atomic E-state index is -0.211. The van der Waals surface area contributed by atoms with E-state index in [1.165, 1.54) is 0 Å². The number of carbonyl (C=O) groups excluding carboxylic acids is 1. The molecule has 3 heterocycles. The number of methoxy groups -OCH3 is 2. The van der Waals surface area contributed by atoms with Gasteiger partial charge in [0.05, 0.1) is 30.5 Å². The van der Waals surface area contributed by atoms with Gasteiger partial charge >= 0.3 is 0 Å². The Labute approximate surface area is 184 Å². The van der Waals surface area contributed by atoms with Crippen LogP contribution >= 0.6 is 11.3 Å². The van der Waals surface area contributed by atoms with Gasteiger partial charge in [0.15, 0.2) is 0 Å². The summed E-state index contributed by atoms with van der Waals surface area (Å²) in [5.74, 6) is 1.13. The van der Waals surface area contributed by atoms with Gasteiger partial charge in [-0.05, 0) is 53.4 Å². The molecule has 0 saturated heterocycles. The zero-order valence-electron chi connectivity index (χ0n) is 17.5. The van der Waals surface area contributed by atoms with Crippen molar-refractivity contribution in [1.82, 2.24) is 20.1 Å². The second-order valence-electron chi connectivity index (χ2n) is 6.81. The first-order valence-electron chi connectivity index (χ1n) is 9.62. The van der Waals surface area contributed by atoms with E-state index in [2.05, 4.69) is 15.4 Å². The molecule has 31 heavy (non-hydrogen) atoms. The van der Waals surface area contributed by atoms with Crippen molar-refractivity contribution in [3.8, 4) is 33.3 Å². The number of hydrogen-bond donors (Lipinski definition) is 1. The van der Waals surface area contributed by atoms with Crippen LogP contribution in [0.15, 0.2) is 60.1 Å². The summed E-state index contributed by atoms with van der Waals surface area (Å²) in [6.07, 6.45) is 1.76. The molecule has 0 atom stereocenters. The van der Waals surface area contributed by atoms with E-state index in [1.807, 2.05) is 47.8 Å². The molecule has 0 aliphatic carbocycles. The quantitative estimate of drug-likeness (QED) is 0.473. The molecular formula is C23H22N4O3S. The minimum absolute atomic E-state index is 0.211. The van der Waals surface area contributed by atoms with Crippen LogP contribution in [0.1, 0.15) is 16.1 Å². The van der Waals surface area contributed by atoms with E-state index in [9.17, 15) is 4.79 Å². The average molecular weight is 435 g/mol. The Hall–Kier alpha value is -3.65. The van der Waals surface area contributed by atoms with Crippen LogP contribution in [0.4, 0.5) is 0 Å². The Kier molecular flexibility index (Phi) is 5.99. The second-order valence-corrected chi connectivity index (χ2v) is 7.76. The lowest BCUT2D eigenvalue weighted by molar-refractivity contribution is 0.0941. The second kappa shape index (κ2) is 9.01. The highest BCUT2D eigenvalue weighted by atomic mass is 32.1. The van der Waals surface area contributed by atoms with Crippen LogP contribution in [0, 0.1) is 0 Å². The van der Waals surface area contributed by atoms with Gasteiger partial charge in [0.25, 0.3) is 5.91 Å². The van der Waals surface area contributed by atoms with Crippen molar-refractivity contribution in [2.75, 3.05) is 14.2 Å². The number of carbonyl (C=O) groups is 1. The lowest BCUT2D eigenvalue weighted by Gasteiger charge is -2.08. The standard InChI is InChI=1S/C23H22N4O3S/c1-27-20(13-18(26-27)17-12-16(29-2)6-7-21(17)30-3)23(28)25-14-15-8-9-24-19(11-15)22-5-4-10-31-22/h4-13H,14H2,1-3H3,(H,25,28). The molecule has 1 N–H and O–H groups in total. The zero-order valence-corrected chi connectivity index (χ0v) is 18.3. The number of nitrogens with one attached hydrogen (secondary N) is 1. The lowest BCUT2D eigenvalue weighted by atomic mass is 10.1. The number of rotatable bonds is 7. The molecule has 4 aromatic rings. The lowest BCUT2D eigenvalue weighted by Crippen LogP contribution is -2.25. The van der Waals surface area contributed by atoms with Crippen molar-refractivity contribution in [1.29, 1.82) is 0 Å². The molecule has 1 amide bonds. The number of benzene rings is 1. The van der Waals surface area contributed by atoms with Gasteiger partial charge in [-0.2, -0.15) is 5.10 Å². The number of ether oxygens (including phenoxy) is 2. The van der Waals surface area contributed by atoms with Gasteiger partial charge in [0.1, 0.15) is 17.2 Å². The summed E-state index contributed by atoms with van der Waals surface area (Å²) < 4.78 is 12.3. The van der Waals surface area contributed by atoms with Crippen molar-refractivity contribution in [3.05, 3.63) is 71.4 Å². The largest absolute Gasteiger partial charge is 0.497 e. The summed E-state index contributed by atoms with van der Waals surface area (Å²) in [7, 11) is 4.94. The van der Waals surface area contributed by atoms with E-state index in [0.29, 0.717) is 29.4 Å². The fraction of sp³-hybridized carbons (Fsp3) is 0.174. The first-order chi connectivity index (χ1) is 15.1. The minimum Gasteiger partial charge on any atom is -0.497 e. The van der Waals surface area contributed by atoms with Crippen molar-refractivity contribution >= 4 is 17.2 Å². The number of nitrogens with zero attached hydrogens (tertiary/aromatic N) is 3. The van der Waals surface area contributed by atoms with E-state index in [1.54, 1.807) is 49.5 Å². The zero-order chi connectivity index (χ0) is 21.8. The molecule has 0 spiro atoms. The molecule has 3 aromatic heterocycles. The summed E-state index contributed by atoms with van der Waals surface area (Å²) >= 11 is 1.63. The summed E-state index contributed by atoms with van der Waals surface area (Å²) in [6, 6.07) is 15.1. The van der Waals surface area contributed by atoms with Gasteiger partial charge in [0.2, 0.25) is 0 Å². The molecule has 0 unspecified atom stereocenters. The highest BCUT2D eigenvalue weighted by Crippen LogP contribution is 2.33. The highest BCUT2D eigenvalue weighted by molar-refractivity contribution is 7.13. The maximum atomic E-state index is 12.8. The number of aryl methyl sites for hydroxylation is 1. The van der Waals surface area contributed by atoms with E-state index in [4.69, 9.17) is 9.47 Å². The van der Waals surface area contributed by atoms with Crippen LogP contribution in [0.3, 0.4) is 0 Å². The molecular weight excluding hydrogens is 412 g/mol. The fourth-order valence-corrected chi connectivity index (χ4v) is 3.94. The number of aromatic nitrogens is 3. The third kappa shape index (κ3) is 4.44. The molecule has 158 valence electrons. The van der Waals surface area contributed by atoms with Crippen molar-refractivity contribution in [3.63, 3.8) is 0 Å². The predicted molar refractivity (Wildman–Crippen MR) is 120 cm³/mol. The number of thiophene rings is 1. The van der Waals surface area contributed by atoms with Gasteiger partial charge < -0.3 is 14.8 Å². The Balaban J connectivity index is 1.52. The van der Waals surface area contributed by atoms with E-state index in [-0.39, 0.29) is 5.91 Å². The van der Waals surface area contributed by atoms with Gasteiger partial charge in [-0.3, -0.25) is 14.5 Å². The summed E-state index contributed by atoms with van der Waals surface area (Å²) in [4.78, 5) is 18.3. The van der Waals surface area contributed by atoms with Crippen LogP contribution in [0.2, 0.25) is 0 Å². The van der Waals surface area contributed by atoms with Crippen molar-refractivity contribution in [2.24, 2.45) is 7.05 Å². The molecule has 0 bridgehead atoms. The van der Waals surface area contributed by atoms with E-state index < -0.39 is 0 Å². The van der Waals surface area contributed by atoms with Crippen LogP contribution in [0.25, 0.3) is 21.8 Å². The Bertz CT molecular complexity index is 1200. The van der Waals surface area contributed by atoms with Gasteiger partial charge in [-0.15, -0.1) is 11.3 Å². The number of hydrogen-bond acceptors (Lipinski definition) is 6. The molecule has 8 heteroatoms. The van der Waals surface area contributed by atoms with Crippen LogP contribution < -0.4 is 14.8 Å². The van der Waals surface area contributed by atoms with Crippen LogP contribution in [-0.2, 0) is 13.6 Å². The van der Waals surface area contributed by atoms with Gasteiger partial charge in [-0.1, -0.05) is 6.07 Å². The molecule has 0 saturated carbocycles. The number of amides is 1. The van der Waals surface area contributed by atoms with Crippen molar-refractivity contribution < 1.29 is 14.3 Å². The third-order valence-corrected chi connectivity index (χ3v) is 5.74. The number of pyridine rings is 1. The molecule has 0 aliphatic heterocycles.